The Balaban J connectivity index is 2.14. The summed E-state index contributed by atoms with van der Waals surface area (Å²) in [6.07, 6.45) is 2.53. The van der Waals surface area contributed by atoms with Crippen LogP contribution in [0.4, 0.5) is 5.82 Å². The molecule has 17 heavy (non-hydrogen) atoms. The Hall–Kier alpha value is -0.800. The minimum absolute atomic E-state index is 0.528. The average molecular weight is 255 g/mol. The normalized spacial score (nSPS) is 15.0. The molecule has 0 radical (unpaired) electrons. The van der Waals surface area contributed by atoms with Crippen LogP contribution >= 0.6 is 11.6 Å². The zero-order valence-electron chi connectivity index (χ0n) is 10.4. The van der Waals surface area contributed by atoms with Crippen molar-refractivity contribution < 1.29 is 4.74 Å². The summed E-state index contributed by atoms with van der Waals surface area (Å²) in [7, 11) is 1.74. The van der Waals surface area contributed by atoms with Crippen LogP contribution in [0.2, 0.25) is 0 Å². The molecule has 1 fully saturated rings. The molecule has 1 aromatic heterocycles. The van der Waals surface area contributed by atoms with Crippen LogP contribution in [-0.2, 0) is 10.6 Å². The van der Waals surface area contributed by atoms with E-state index in [-0.39, 0.29) is 0 Å². The topological polar surface area (TPSA) is 25.4 Å². The van der Waals surface area contributed by atoms with Crippen molar-refractivity contribution in [3.8, 4) is 0 Å². The standard InChI is InChI=1S/C13H19ClN2O/c1-10-11(9-14)3-6-13(15-10)16(7-8-17-2)12-4-5-12/h3,6,12H,4-5,7-9H2,1-2H3. The molecule has 2 rings (SSSR count). The number of nitrogens with zero attached hydrogens (tertiary/aromatic N) is 2. The number of halogens is 1. The number of ether oxygens (including phenoxy) is 1. The molecular weight excluding hydrogens is 236 g/mol. The van der Waals surface area contributed by atoms with Gasteiger partial charge in [0, 0.05) is 31.3 Å². The highest BCUT2D eigenvalue weighted by molar-refractivity contribution is 6.17. The summed E-state index contributed by atoms with van der Waals surface area (Å²) in [6.45, 7) is 3.67. The third-order valence-corrected chi connectivity index (χ3v) is 3.43. The van der Waals surface area contributed by atoms with Crippen LogP contribution < -0.4 is 4.90 Å². The van der Waals surface area contributed by atoms with Crippen LogP contribution in [0.25, 0.3) is 0 Å². The van der Waals surface area contributed by atoms with Gasteiger partial charge in [-0.05, 0) is 31.4 Å². The quantitative estimate of drug-likeness (QED) is 0.730. The lowest BCUT2D eigenvalue weighted by Gasteiger charge is -2.23. The largest absolute Gasteiger partial charge is 0.383 e. The van der Waals surface area contributed by atoms with E-state index in [0.29, 0.717) is 11.9 Å². The zero-order valence-corrected chi connectivity index (χ0v) is 11.2. The molecule has 3 nitrogen and oxygen atoms in total. The predicted molar refractivity (Wildman–Crippen MR) is 70.8 cm³/mol. The molecule has 0 atom stereocenters. The Morgan fingerprint density at radius 2 is 2.24 bits per heavy atom. The highest BCUT2D eigenvalue weighted by Gasteiger charge is 2.29. The molecule has 0 aliphatic heterocycles. The van der Waals surface area contributed by atoms with E-state index in [0.717, 1.165) is 30.2 Å². The molecule has 4 heteroatoms. The van der Waals surface area contributed by atoms with E-state index in [1.807, 2.05) is 6.92 Å². The van der Waals surface area contributed by atoms with Gasteiger partial charge in [-0.1, -0.05) is 6.07 Å². The summed E-state index contributed by atoms with van der Waals surface area (Å²) in [5, 5.41) is 0. The van der Waals surface area contributed by atoms with Crippen LogP contribution in [0.3, 0.4) is 0 Å². The summed E-state index contributed by atoms with van der Waals surface area (Å²) in [6, 6.07) is 4.80. The number of aromatic nitrogens is 1. The summed E-state index contributed by atoms with van der Waals surface area (Å²) in [5.41, 5.74) is 2.14. The lowest BCUT2D eigenvalue weighted by Crippen LogP contribution is -2.30. The van der Waals surface area contributed by atoms with Crippen LogP contribution in [0.1, 0.15) is 24.1 Å². The number of pyridine rings is 1. The van der Waals surface area contributed by atoms with Crippen molar-refractivity contribution in [2.45, 2.75) is 31.7 Å². The lowest BCUT2D eigenvalue weighted by molar-refractivity contribution is 0.204. The Morgan fingerprint density at radius 1 is 1.47 bits per heavy atom. The highest BCUT2D eigenvalue weighted by Crippen LogP contribution is 2.30. The summed E-state index contributed by atoms with van der Waals surface area (Å²) >= 11 is 5.85. The maximum Gasteiger partial charge on any atom is 0.129 e. The molecule has 0 unspecified atom stereocenters. The molecule has 0 aromatic carbocycles. The van der Waals surface area contributed by atoms with E-state index in [4.69, 9.17) is 16.3 Å². The summed E-state index contributed by atoms with van der Waals surface area (Å²) < 4.78 is 5.16. The van der Waals surface area contributed by atoms with Gasteiger partial charge in [0.25, 0.3) is 0 Å². The predicted octanol–water partition coefficient (Wildman–Crippen LogP) is 2.74. The average Bonchev–Trinajstić information content (AvgIpc) is 3.14. The second-order valence-electron chi connectivity index (χ2n) is 4.46. The molecule has 1 aliphatic rings. The molecule has 0 N–H and O–H groups in total. The highest BCUT2D eigenvalue weighted by atomic mass is 35.5. The van der Waals surface area contributed by atoms with Crippen LogP contribution in [0.5, 0.6) is 0 Å². The van der Waals surface area contributed by atoms with E-state index >= 15 is 0 Å². The van der Waals surface area contributed by atoms with E-state index in [1.54, 1.807) is 7.11 Å². The molecule has 1 heterocycles. The molecule has 0 bridgehead atoms. The van der Waals surface area contributed by atoms with E-state index < -0.39 is 0 Å². The van der Waals surface area contributed by atoms with Gasteiger partial charge in [-0.25, -0.2) is 4.98 Å². The van der Waals surface area contributed by atoms with Gasteiger partial charge < -0.3 is 9.64 Å². The maximum atomic E-state index is 5.85. The van der Waals surface area contributed by atoms with Crippen molar-refractivity contribution in [1.29, 1.82) is 0 Å². The minimum atomic E-state index is 0.528. The molecule has 1 aliphatic carbocycles. The van der Waals surface area contributed by atoms with Gasteiger partial charge >= 0.3 is 0 Å². The van der Waals surface area contributed by atoms with Gasteiger partial charge in [-0.3, -0.25) is 0 Å². The third-order valence-electron chi connectivity index (χ3n) is 3.14. The van der Waals surface area contributed by atoms with Gasteiger partial charge in [-0.2, -0.15) is 0 Å². The second-order valence-corrected chi connectivity index (χ2v) is 4.73. The fourth-order valence-electron chi connectivity index (χ4n) is 1.94. The fraction of sp³-hybridized carbons (Fsp3) is 0.615. The van der Waals surface area contributed by atoms with Crippen LogP contribution in [0.15, 0.2) is 12.1 Å². The van der Waals surface area contributed by atoms with Crippen LogP contribution in [0, 0.1) is 6.92 Å². The Bertz CT molecular complexity index is 380. The van der Waals surface area contributed by atoms with Crippen LogP contribution in [-0.4, -0.2) is 31.3 Å². The number of anilines is 1. The second kappa shape index (κ2) is 5.69. The summed E-state index contributed by atoms with van der Waals surface area (Å²) in [4.78, 5) is 6.99. The van der Waals surface area contributed by atoms with Crippen molar-refractivity contribution in [3.63, 3.8) is 0 Å². The van der Waals surface area contributed by atoms with Crippen molar-refractivity contribution in [3.05, 3.63) is 23.4 Å². The Labute approximate surface area is 108 Å². The number of hydrogen-bond acceptors (Lipinski definition) is 3. The summed E-state index contributed by atoms with van der Waals surface area (Å²) in [5.74, 6) is 1.58. The van der Waals surface area contributed by atoms with Gasteiger partial charge in [0.2, 0.25) is 0 Å². The minimum Gasteiger partial charge on any atom is -0.383 e. The molecular formula is C13H19ClN2O. The van der Waals surface area contributed by atoms with Gasteiger partial charge in [0.15, 0.2) is 0 Å². The zero-order chi connectivity index (χ0) is 12.3. The molecule has 0 saturated heterocycles. The fourth-order valence-corrected chi connectivity index (χ4v) is 2.22. The van der Waals surface area contributed by atoms with Crippen molar-refractivity contribution in [2.24, 2.45) is 0 Å². The number of methoxy groups -OCH3 is 1. The molecule has 94 valence electrons. The third kappa shape index (κ3) is 3.11. The smallest absolute Gasteiger partial charge is 0.129 e. The Morgan fingerprint density at radius 3 is 2.76 bits per heavy atom. The molecule has 0 amide bonds. The number of rotatable bonds is 6. The molecule has 1 saturated carbocycles. The van der Waals surface area contributed by atoms with Crippen molar-refractivity contribution in [1.82, 2.24) is 4.98 Å². The monoisotopic (exact) mass is 254 g/mol. The van der Waals surface area contributed by atoms with Crippen molar-refractivity contribution in [2.75, 3.05) is 25.2 Å². The first-order valence-electron chi connectivity index (χ1n) is 6.04. The lowest BCUT2D eigenvalue weighted by atomic mass is 10.2. The van der Waals surface area contributed by atoms with E-state index in [2.05, 4.69) is 22.0 Å². The first-order valence-corrected chi connectivity index (χ1v) is 6.57. The molecule has 1 aromatic rings. The van der Waals surface area contributed by atoms with Gasteiger partial charge in [-0.15, -0.1) is 11.6 Å². The SMILES string of the molecule is COCCN(c1ccc(CCl)c(C)n1)C1CC1. The first-order chi connectivity index (χ1) is 8.26. The maximum absolute atomic E-state index is 5.85. The number of hydrogen-bond donors (Lipinski definition) is 0. The van der Waals surface area contributed by atoms with Gasteiger partial charge in [0.05, 0.1) is 6.61 Å². The van der Waals surface area contributed by atoms with Crippen molar-refractivity contribution >= 4 is 17.4 Å². The van der Waals surface area contributed by atoms with E-state index in [1.165, 1.54) is 12.8 Å². The number of aryl methyl sites for hydroxylation is 1. The Kier molecular flexibility index (Phi) is 4.24. The molecule has 0 spiro atoms. The first kappa shape index (κ1) is 12.7. The number of alkyl halides is 1. The van der Waals surface area contributed by atoms with E-state index in [9.17, 15) is 0 Å². The van der Waals surface area contributed by atoms with Gasteiger partial charge in [0.1, 0.15) is 5.82 Å².